The highest BCUT2D eigenvalue weighted by molar-refractivity contribution is 5.54. The van der Waals surface area contributed by atoms with E-state index in [4.69, 9.17) is 5.26 Å². The van der Waals surface area contributed by atoms with E-state index in [9.17, 15) is 10.2 Å². The number of anilines is 1. The topological polar surface area (TPSA) is 67.5 Å². The van der Waals surface area contributed by atoms with E-state index >= 15 is 0 Å². The first-order valence-electron chi connectivity index (χ1n) is 6.58. The summed E-state index contributed by atoms with van der Waals surface area (Å²) in [6.45, 7) is 7.32. The van der Waals surface area contributed by atoms with Crippen molar-refractivity contribution < 1.29 is 10.2 Å². The van der Waals surface area contributed by atoms with Crippen LogP contribution in [0.5, 0.6) is 5.75 Å². The van der Waals surface area contributed by atoms with Crippen molar-refractivity contribution in [2.24, 2.45) is 5.92 Å². The summed E-state index contributed by atoms with van der Waals surface area (Å²) >= 11 is 0. The molecular weight excluding hydrogens is 240 g/mol. The molecule has 0 amide bonds. The second-order valence-electron chi connectivity index (χ2n) is 5.17. The summed E-state index contributed by atoms with van der Waals surface area (Å²) in [4.78, 5) is 2.08. The van der Waals surface area contributed by atoms with Crippen LogP contribution in [0.1, 0.15) is 38.9 Å². The highest BCUT2D eigenvalue weighted by atomic mass is 16.3. The fourth-order valence-electron chi connectivity index (χ4n) is 2.03. The van der Waals surface area contributed by atoms with Crippen LogP contribution in [0.15, 0.2) is 18.2 Å². The Morgan fingerprint density at radius 3 is 2.47 bits per heavy atom. The number of hydrogen-bond donors (Lipinski definition) is 2. The van der Waals surface area contributed by atoms with E-state index in [0.717, 1.165) is 12.2 Å². The van der Waals surface area contributed by atoms with Gasteiger partial charge in [0.15, 0.2) is 0 Å². The molecule has 0 bridgehead atoms. The molecule has 0 heterocycles. The minimum atomic E-state index is -0.688. The Morgan fingerprint density at radius 2 is 2.00 bits per heavy atom. The lowest BCUT2D eigenvalue weighted by molar-refractivity contribution is 0.195. The van der Waals surface area contributed by atoms with Gasteiger partial charge in [-0.25, -0.2) is 0 Å². The summed E-state index contributed by atoms with van der Waals surface area (Å²) in [7, 11) is 0. The Morgan fingerprint density at radius 1 is 1.32 bits per heavy atom. The van der Waals surface area contributed by atoms with Crippen molar-refractivity contribution in [2.75, 3.05) is 18.0 Å². The Labute approximate surface area is 114 Å². The lowest BCUT2D eigenvalue weighted by atomic mass is 10.1. The fraction of sp³-hybridized carbons (Fsp3) is 0.533. The minimum absolute atomic E-state index is 0.0956. The molecule has 4 nitrogen and oxygen atoms in total. The third-order valence-corrected chi connectivity index (χ3v) is 2.91. The van der Waals surface area contributed by atoms with Gasteiger partial charge in [0.25, 0.3) is 0 Å². The van der Waals surface area contributed by atoms with E-state index in [-0.39, 0.29) is 5.75 Å². The van der Waals surface area contributed by atoms with Crippen LogP contribution < -0.4 is 4.90 Å². The molecule has 1 aromatic carbocycles. The minimum Gasteiger partial charge on any atom is -0.507 e. The van der Waals surface area contributed by atoms with Crippen molar-refractivity contribution in [3.05, 3.63) is 23.8 Å². The first-order chi connectivity index (χ1) is 8.95. The van der Waals surface area contributed by atoms with Crippen LogP contribution in [-0.4, -0.2) is 23.3 Å². The number of phenolic OH excluding ortho intramolecular Hbond substituents is 1. The summed E-state index contributed by atoms with van der Waals surface area (Å²) in [5, 5.41) is 28.1. The zero-order chi connectivity index (χ0) is 14.4. The Bertz CT molecular complexity index is 450. The number of nitriles is 1. The summed E-state index contributed by atoms with van der Waals surface area (Å²) in [5.74, 6) is 0.565. The smallest absolute Gasteiger partial charge is 0.123 e. The Balaban J connectivity index is 2.96. The third-order valence-electron chi connectivity index (χ3n) is 2.91. The van der Waals surface area contributed by atoms with Crippen LogP contribution in [0.4, 0.5) is 5.69 Å². The number of aromatic hydroxyl groups is 1. The molecule has 0 fully saturated rings. The maximum Gasteiger partial charge on any atom is 0.123 e. The van der Waals surface area contributed by atoms with Crippen LogP contribution in [0.3, 0.4) is 0 Å². The third kappa shape index (κ3) is 4.46. The lowest BCUT2D eigenvalue weighted by Crippen LogP contribution is -2.28. The maximum absolute atomic E-state index is 9.92. The molecule has 0 aliphatic carbocycles. The second-order valence-corrected chi connectivity index (χ2v) is 5.17. The van der Waals surface area contributed by atoms with Gasteiger partial charge in [0, 0.05) is 30.4 Å². The highest BCUT2D eigenvalue weighted by Gasteiger charge is 2.12. The van der Waals surface area contributed by atoms with Crippen molar-refractivity contribution in [3.63, 3.8) is 0 Å². The number of aliphatic hydroxyl groups is 1. The first kappa shape index (κ1) is 15.3. The van der Waals surface area contributed by atoms with E-state index in [0.29, 0.717) is 24.4 Å². The van der Waals surface area contributed by atoms with Crippen LogP contribution in [-0.2, 0) is 0 Å². The van der Waals surface area contributed by atoms with E-state index < -0.39 is 6.10 Å². The van der Waals surface area contributed by atoms with E-state index in [1.165, 1.54) is 0 Å². The quantitative estimate of drug-likeness (QED) is 0.827. The molecule has 0 spiro atoms. The van der Waals surface area contributed by atoms with Crippen molar-refractivity contribution in [2.45, 2.75) is 33.3 Å². The summed E-state index contributed by atoms with van der Waals surface area (Å²) in [6, 6.07) is 7.40. The number of benzene rings is 1. The molecule has 19 heavy (non-hydrogen) atoms. The summed E-state index contributed by atoms with van der Waals surface area (Å²) in [6.07, 6.45) is -0.238. The van der Waals surface area contributed by atoms with Gasteiger partial charge >= 0.3 is 0 Å². The van der Waals surface area contributed by atoms with Crippen molar-refractivity contribution in [1.82, 2.24) is 0 Å². The van der Waals surface area contributed by atoms with Gasteiger partial charge in [0.2, 0.25) is 0 Å². The molecule has 1 atom stereocenters. The zero-order valence-electron chi connectivity index (χ0n) is 11.8. The Kier molecular flexibility index (Phi) is 5.65. The zero-order valence-corrected chi connectivity index (χ0v) is 11.8. The monoisotopic (exact) mass is 262 g/mol. The van der Waals surface area contributed by atoms with Gasteiger partial charge in [-0.3, -0.25) is 0 Å². The van der Waals surface area contributed by atoms with Gasteiger partial charge in [-0.05, 0) is 18.9 Å². The number of phenols is 1. The molecule has 0 saturated heterocycles. The molecule has 4 heteroatoms. The normalized spacial score (nSPS) is 12.2. The van der Waals surface area contributed by atoms with Gasteiger partial charge in [-0.15, -0.1) is 0 Å². The molecule has 0 aromatic heterocycles. The van der Waals surface area contributed by atoms with E-state index in [1.807, 2.05) is 6.07 Å². The molecule has 0 aliphatic rings. The number of nitrogens with zero attached hydrogens (tertiary/aromatic N) is 2. The molecule has 0 aliphatic heterocycles. The van der Waals surface area contributed by atoms with Crippen molar-refractivity contribution in [3.8, 4) is 11.8 Å². The number of aliphatic hydroxyl groups excluding tert-OH is 1. The number of rotatable bonds is 6. The molecule has 2 N–H and O–H groups in total. The van der Waals surface area contributed by atoms with E-state index in [2.05, 4.69) is 24.8 Å². The van der Waals surface area contributed by atoms with Crippen LogP contribution in [0.25, 0.3) is 0 Å². The average molecular weight is 262 g/mol. The predicted molar refractivity (Wildman–Crippen MR) is 76.0 cm³/mol. The molecule has 1 unspecified atom stereocenters. The number of hydrogen-bond acceptors (Lipinski definition) is 4. The van der Waals surface area contributed by atoms with Gasteiger partial charge in [-0.1, -0.05) is 19.9 Å². The summed E-state index contributed by atoms with van der Waals surface area (Å²) in [5.41, 5.74) is 1.40. The molecule has 104 valence electrons. The SMILES string of the molecule is CC(C)CN(CCC#N)c1ccc(C(C)O)c(O)c1. The van der Waals surface area contributed by atoms with E-state index in [1.54, 1.807) is 19.1 Å². The molecule has 0 radical (unpaired) electrons. The standard InChI is InChI=1S/C15H22N2O2/c1-11(2)10-17(8-4-7-16)13-5-6-14(12(3)18)15(19)9-13/h5-6,9,11-12,18-19H,4,8,10H2,1-3H3. The molecule has 1 rings (SSSR count). The lowest BCUT2D eigenvalue weighted by Gasteiger charge is -2.26. The van der Waals surface area contributed by atoms with Crippen molar-refractivity contribution in [1.29, 1.82) is 5.26 Å². The average Bonchev–Trinajstić information content (AvgIpc) is 2.33. The van der Waals surface area contributed by atoms with Gasteiger partial charge in [0.1, 0.15) is 5.75 Å². The first-order valence-corrected chi connectivity index (χ1v) is 6.58. The van der Waals surface area contributed by atoms with Crippen LogP contribution in [0.2, 0.25) is 0 Å². The van der Waals surface area contributed by atoms with Crippen LogP contribution in [0, 0.1) is 17.2 Å². The van der Waals surface area contributed by atoms with Gasteiger partial charge in [-0.2, -0.15) is 5.26 Å². The summed E-state index contributed by atoms with van der Waals surface area (Å²) < 4.78 is 0. The molecular formula is C15H22N2O2. The van der Waals surface area contributed by atoms with Gasteiger partial charge in [0.05, 0.1) is 18.6 Å². The maximum atomic E-state index is 9.92. The highest BCUT2D eigenvalue weighted by Crippen LogP contribution is 2.29. The largest absolute Gasteiger partial charge is 0.507 e. The predicted octanol–water partition coefficient (Wildman–Crippen LogP) is 2.82. The second kappa shape index (κ2) is 7.01. The molecule has 0 saturated carbocycles. The molecule has 1 aromatic rings. The van der Waals surface area contributed by atoms with Crippen molar-refractivity contribution >= 4 is 5.69 Å². The Hall–Kier alpha value is -1.73. The fourth-order valence-corrected chi connectivity index (χ4v) is 2.03. The van der Waals surface area contributed by atoms with Crippen LogP contribution >= 0.6 is 0 Å². The van der Waals surface area contributed by atoms with Gasteiger partial charge < -0.3 is 15.1 Å².